The molecule has 1 aliphatic heterocycles. The fraction of sp³-hybridized carbons (Fsp3) is 0.533. The van der Waals surface area contributed by atoms with Crippen LogP contribution in [0.5, 0.6) is 0 Å². The van der Waals surface area contributed by atoms with E-state index in [0.717, 1.165) is 36.8 Å². The van der Waals surface area contributed by atoms with E-state index in [2.05, 4.69) is 10.3 Å². The topological polar surface area (TPSA) is 62.3 Å². The molecule has 1 N–H and O–H groups in total. The fourth-order valence-electron chi connectivity index (χ4n) is 3.36. The molecule has 20 heavy (non-hydrogen) atoms. The molecule has 0 unspecified atom stereocenters. The van der Waals surface area contributed by atoms with Gasteiger partial charge in [0.25, 0.3) is 0 Å². The van der Waals surface area contributed by atoms with Gasteiger partial charge in [0.1, 0.15) is 5.54 Å². The van der Waals surface area contributed by atoms with Crippen molar-refractivity contribution in [1.29, 1.82) is 0 Å². The van der Waals surface area contributed by atoms with E-state index in [1.165, 1.54) is 0 Å². The first-order valence-electron chi connectivity index (χ1n) is 7.11. The molecule has 106 valence electrons. The quantitative estimate of drug-likeness (QED) is 0.879. The van der Waals surface area contributed by atoms with Crippen molar-refractivity contribution in [1.82, 2.24) is 15.2 Å². The van der Waals surface area contributed by atoms with Crippen molar-refractivity contribution < 1.29 is 9.59 Å². The van der Waals surface area contributed by atoms with E-state index in [0.29, 0.717) is 6.54 Å². The Bertz CT molecular complexity index is 550. The Balaban J connectivity index is 1.91. The van der Waals surface area contributed by atoms with E-state index in [-0.39, 0.29) is 18.4 Å². The van der Waals surface area contributed by atoms with Crippen LogP contribution in [0.15, 0.2) is 18.5 Å². The number of rotatable bonds is 2. The zero-order chi connectivity index (χ0) is 14.2. The Morgan fingerprint density at radius 3 is 2.75 bits per heavy atom. The number of hydrogen-bond acceptors (Lipinski definition) is 3. The van der Waals surface area contributed by atoms with Crippen molar-refractivity contribution >= 4 is 11.8 Å². The van der Waals surface area contributed by atoms with Crippen LogP contribution in [-0.4, -0.2) is 33.8 Å². The predicted octanol–water partition coefficient (Wildman–Crippen LogP) is 1.16. The SMILES string of the molecule is Cc1cncc(CN2C(=O)CNC(=O)C23CCCC3)c1. The van der Waals surface area contributed by atoms with Crippen molar-refractivity contribution in [3.63, 3.8) is 0 Å². The number of hydrogen-bond donors (Lipinski definition) is 1. The Kier molecular flexibility index (Phi) is 3.20. The van der Waals surface area contributed by atoms with Gasteiger partial charge in [0, 0.05) is 18.9 Å². The minimum Gasteiger partial charge on any atom is -0.345 e. The van der Waals surface area contributed by atoms with Gasteiger partial charge in [0.2, 0.25) is 11.8 Å². The number of piperazine rings is 1. The second kappa shape index (κ2) is 4.89. The third-order valence-corrected chi connectivity index (χ3v) is 4.34. The van der Waals surface area contributed by atoms with E-state index in [1.54, 1.807) is 17.3 Å². The molecular weight excluding hydrogens is 254 g/mol. The van der Waals surface area contributed by atoms with E-state index >= 15 is 0 Å². The number of aryl methyl sites for hydroxylation is 1. The maximum atomic E-state index is 12.3. The summed E-state index contributed by atoms with van der Waals surface area (Å²) in [7, 11) is 0. The van der Waals surface area contributed by atoms with Gasteiger partial charge >= 0.3 is 0 Å². The third-order valence-electron chi connectivity index (χ3n) is 4.34. The minimum absolute atomic E-state index is 0.00741. The molecule has 1 saturated carbocycles. The molecule has 2 amide bonds. The average Bonchev–Trinajstić information content (AvgIpc) is 2.90. The third kappa shape index (κ3) is 2.07. The summed E-state index contributed by atoms with van der Waals surface area (Å²) in [6.45, 7) is 2.56. The second-order valence-electron chi connectivity index (χ2n) is 5.77. The molecule has 2 fully saturated rings. The molecule has 0 bridgehead atoms. The van der Waals surface area contributed by atoms with Gasteiger partial charge in [-0.15, -0.1) is 0 Å². The van der Waals surface area contributed by atoms with Gasteiger partial charge in [0.15, 0.2) is 0 Å². The van der Waals surface area contributed by atoms with Crippen LogP contribution in [0.25, 0.3) is 0 Å². The maximum Gasteiger partial charge on any atom is 0.246 e. The standard InChI is InChI=1S/C15H19N3O2/c1-11-6-12(8-16-7-11)10-18-13(19)9-17-14(20)15(18)4-2-3-5-15/h6-8H,2-5,9-10H2,1H3,(H,17,20). The van der Waals surface area contributed by atoms with Gasteiger partial charge < -0.3 is 10.2 Å². The predicted molar refractivity (Wildman–Crippen MR) is 73.7 cm³/mol. The van der Waals surface area contributed by atoms with Gasteiger partial charge in [-0.05, 0) is 30.9 Å². The fourth-order valence-corrected chi connectivity index (χ4v) is 3.36. The largest absolute Gasteiger partial charge is 0.345 e. The van der Waals surface area contributed by atoms with Gasteiger partial charge in [-0.25, -0.2) is 0 Å². The van der Waals surface area contributed by atoms with E-state index in [4.69, 9.17) is 0 Å². The molecule has 2 aliphatic rings. The monoisotopic (exact) mass is 273 g/mol. The molecule has 2 heterocycles. The highest BCUT2D eigenvalue weighted by Crippen LogP contribution is 2.38. The van der Waals surface area contributed by atoms with Gasteiger partial charge in [-0.3, -0.25) is 14.6 Å². The zero-order valence-corrected chi connectivity index (χ0v) is 11.7. The Hall–Kier alpha value is -1.91. The number of carbonyl (C=O) groups is 2. The lowest BCUT2D eigenvalue weighted by Crippen LogP contribution is -2.65. The van der Waals surface area contributed by atoms with Crippen molar-refractivity contribution in [3.05, 3.63) is 29.6 Å². The Labute approximate surface area is 118 Å². The highest BCUT2D eigenvalue weighted by molar-refractivity contribution is 5.98. The molecule has 1 aromatic heterocycles. The molecule has 5 heteroatoms. The minimum atomic E-state index is -0.626. The lowest BCUT2D eigenvalue weighted by atomic mass is 9.91. The van der Waals surface area contributed by atoms with Crippen molar-refractivity contribution in [2.24, 2.45) is 0 Å². The summed E-state index contributed by atoms with van der Waals surface area (Å²) in [6.07, 6.45) is 7.11. The van der Waals surface area contributed by atoms with Crippen LogP contribution >= 0.6 is 0 Å². The molecule has 0 atom stereocenters. The van der Waals surface area contributed by atoms with Crippen molar-refractivity contribution in [2.45, 2.75) is 44.7 Å². The van der Waals surface area contributed by atoms with Crippen LogP contribution in [0.3, 0.4) is 0 Å². The van der Waals surface area contributed by atoms with Crippen LogP contribution in [0.2, 0.25) is 0 Å². The van der Waals surface area contributed by atoms with Crippen molar-refractivity contribution in [2.75, 3.05) is 6.54 Å². The summed E-state index contributed by atoms with van der Waals surface area (Å²) >= 11 is 0. The number of amides is 2. The molecule has 3 rings (SSSR count). The van der Waals surface area contributed by atoms with Gasteiger partial charge in [0.05, 0.1) is 6.54 Å². The summed E-state index contributed by atoms with van der Waals surface area (Å²) in [5, 5.41) is 2.75. The number of nitrogens with zero attached hydrogens (tertiary/aromatic N) is 2. The number of nitrogens with one attached hydrogen (secondary N) is 1. The first kappa shape index (κ1) is 13.1. The van der Waals surface area contributed by atoms with Crippen LogP contribution in [-0.2, 0) is 16.1 Å². The molecule has 1 spiro atoms. The number of aromatic nitrogens is 1. The van der Waals surface area contributed by atoms with E-state index in [9.17, 15) is 9.59 Å². The summed E-state index contributed by atoms with van der Waals surface area (Å²) in [6, 6.07) is 2.02. The first-order chi connectivity index (χ1) is 9.62. The van der Waals surface area contributed by atoms with Crippen molar-refractivity contribution in [3.8, 4) is 0 Å². The smallest absolute Gasteiger partial charge is 0.246 e. The van der Waals surface area contributed by atoms with Crippen LogP contribution in [0.4, 0.5) is 0 Å². The second-order valence-corrected chi connectivity index (χ2v) is 5.77. The normalized spacial score (nSPS) is 21.4. The van der Waals surface area contributed by atoms with E-state index in [1.807, 2.05) is 13.0 Å². The first-order valence-corrected chi connectivity index (χ1v) is 7.11. The van der Waals surface area contributed by atoms with Gasteiger partial charge in [-0.1, -0.05) is 18.9 Å². The lowest BCUT2D eigenvalue weighted by Gasteiger charge is -2.43. The number of pyridine rings is 1. The molecule has 0 radical (unpaired) electrons. The molecular formula is C15H19N3O2. The van der Waals surface area contributed by atoms with Crippen LogP contribution in [0, 0.1) is 6.92 Å². The summed E-state index contributed by atoms with van der Waals surface area (Å²) in [5.41, 5.74) is 1.43. The summed E-state index contributed by atoms with van der Waals surface area (Å²) in [4.78, 5) is 30.5. The molecule has 1 saturated heterocycles. The Morgan fingerprint density at radius 1 is 1.30 bits per heavy atom. The van der Waals surface area contributed by atoms with Crippen LogP contribution in [0.1, 0.15) is 36.8 Å². The molecule has 1 aliphatic carbocycles. The highest BCUT2D eigenvalue weighted by Gasteiger charge is 2.50. The highest BCUT2D eigenvalue weighted by atomic mass is 16.2. The van der Waals surface area contributed by atoms with Gasteiger partial charge in [-0.2, -0.15) is 0 Å². The lowest BCUT2D eigenvalue weighted by molar-refractivity contribution is -0.154. The number of carbonyl (C=O) groups excluding carboxylic acids is 2. The summed E-state index contributed by atoms with van der Waals surface area (Å²) in [5.74, 6) is 0.0169. The molecule has 1 aromatic rings. The Morgan fingerprint density at radius 2 is 2.05 bits per heavy atom. The molecule has 0 aromatic carbocycles. The molecule has 5 nitrogen and oxygen atoms in total. The zero-order valence-electron chi connectivity index (χ0n) is 11.7. The van der Waals surface area contributed by atoms with Crippen LogP contribution < -0.4 is 5.32 Å². The maximum absolute atomic E-state index is 12.3. The summed E-state index contributed by atoms with van der Waals surface area (Å²) < 4.78 is 0. The van der Waals surface area contributed by atoms with E-state index < -0.39 is 5.54 Å². The average molecular weight is 273 g/mol.